The largest absolute Gasteiger partial charge is 0.370 e. The van der Waals surface area contributed by atoms with Gasteiger partial charge in [-0.25, -0.2) is 4.98 Å². The third kappa shape index (κ3) is 5.71. The monoisotopic (exact) mass is 549 g/mol. The molecule has 2 fully saturated rings. The van der Waals surface area contributed by atoms with Gasteiger partial charge in [-0.3, -0.25) is 9.59 Å². The molecule has 9 nitrogen and oxygen atoms in total. The van der Waals surface area contributed by atoms with Crippen LogP contribution < -0.4 is 15.5 Å². The Bertz CT molecular complexity index is 1570. The number of nitrogens with one attached hydrogen (secondary N) is 2. The molecule has 0 unspecified atom stereocenters. The SMILES string of the molecule is C=CC(=O)Nc1cc(Nc2nccc(-n3ccc4ccccc43)n2)c(C=O)cc1N1CCC(N2CCCCC2)CC1. The number of carbonyl (C=O) groups is 2. The minimum absolute atomic E-state index is 0.308. The molecule has 2 aliphatic heterocycles. The number of rotatable bonds is 8. The number of piperidine rings is 2. The molecule has 2 aromatic heterocycles. The Kier molecular flexibility index (Phi) is 7.78. The molecule has 0 saturated carbocycles. The molecule has 2 N–H and O–H groups in total. The molecule has 4 heterocycles. The maximum atomic E-state index is 12.4. The van der Waals surface area contributed by atoms with Gasteiger partial charge in [-0.1, -0.05) is 31.2 Å². The van der Waals surface area contributed by atoms with Crippen LogP contribution in [0.4, 0.5) is 23.0 Å². The first-order chi connectivity index (χ1) is 20.1. The summed E-state index contributed by atoms with van der Waals surface area (Å²) in [5.74, 6) is 0.737. The van der Waals surface area contributed by atoms with E-state index in [1.54, 1.807) is 12.3 Å². The van der Waals surface area contributed by atoms with Crippen molar-refractivity contribution in [3.63, 3.8) is 0 Å². The van der Waals surface area contributed by atoms with Gasteiger partial charge in [0.05, 0.1) is 22.6 Å². The Morgan fingerprint density at radius 3 is 2.56 bits per heavy atom. The van der Waals surface area contributed by atoms with E-state index in [0.29, 0.717) is 34.7 Å². The topological polar surface area (TPSA) is 95.4 Å². The highest BCUT2D eigenvalue weighted by molar-refractivity contribution is 6.03. The molecule has 2 saturated heterocycles. The number of hydrogen-bond donors (Lipinski definition) is 2. The molecule has 9 heteroatoms. The Morgan fingerprint density at radius 2 is 1.78 bits per heavy atom. The van der Waals surface area contributed by atoms with Crippen molar-refractivity contribution in [2.24, 2.45) is 0 Å². The fourth-order valence-electron chi connectivity index (χ4n) is 6.06. The van der Waals surface area contributed by atoms with Gasteiger partial charge >= 0.3 is 0 Å². The van der Waals surface area contributed by atoms with Gasteiger partial charge < -0.3 is 25.0 Å². The Morgan fingerprint density at radius 1 is 0.976 bits per heavy atom. The summed E-state index contributed by atoms with van der Waals surface area (Å²) in [5.41, 5.74) is 3.47. The molecule has 0 aliphatic carbocycles. The van der Waals surface area contributed by atoms with Crippen molar-refractivity contribution in [1.29, 1.82) is 0 Å². The summed E-state index contributed by atoms with van der Waals surface area (Å²) in [6.07, 6.45) is 11.7. The van der Waals surface area contributed by atoms with Gasteiger partial charge in [-0.15, -0.1) is 0 Å². The van der Waals surface area contributed by atoms with Gasteiger partial charge in [0.1, 0.15) is 5.82 Å². The molecule has 2 aliphatic rings. The van der Waals surface area contributed by atoms with Crippen molar-refractivity contribution < 1.29 is 9.59 Å². The zero-order chi connectivity index (χ0) is 28.2. The van der Waals surface area contributed by atoms with Crippen molar-refractivity contribution in [2.75, 3.05) is 41.7 Å². The second kappa shape index (κ2) is 11.9. The van der Waals surface area contributed by atoms with E-state index in [1.165, 1.54) is 38.4 Å². The lowest BCUT2D eigenvalue weighted by Crippen LogP contribution is -2.46. The standard InChI is InChI=1S/C32H35N7O2/c1-2-31(41)34-27-21-26(35-32-33-14-10-30(36-32)39-19-11-23-8-4-5-9-28(23)39)24(22-40)20-29(27)38-17-12-25(13-18-38)37-15-6-3-7-16-37/h2,4-5,8-11,14,19-22,25H,1,3,6-7,12-13,15-18H2,(H,34,41)(H,33,35,36). The number of nitrogens with zero attached hydrogens (tertiary/aromatic N) is 5. The first-order valence-electron chi connectivity index (χ1n) is 14.3. The zero-order valence-electron chi connectivity index (χ0n) is 23.1. The van der Waals surface area contributed by atoms with E-state index in [4.69, 9.17) is 4.98 Å². The lowest BCUT2D eigenvalue weighted by Gasteiger charge is -2.41. The van der Waals surface area contributed by atoms with E-state index in [2.05, 4.69) is 38.1 Å². The molecular weight excluding hydrogens is 514 g/mol. The fraction of sp³-hybridized carbons (Fsp3) is 0.312. The molecule has 41 heavy (non-hydrogen) atoms. The van der Waals surface area contributed by atoms with Crippen LogP contribution in [0.15, 0.2) is 73.6 Å². The molecule has 6 rings (SSSR count). The van der Waals surface area contributed by atoms with Crippen LogP contribution in [0, 0.1) is 0 Å². The summed E-state index contributed by atoms with van der Waals surface area (Å²) in [4.78, 5) is 38.7. The van der Waals surface area contributed by atoms with Crippen molar-refractivity contribution >= 4 is 46.1 Å². The van der Waals surface area contributed by atoms with Gasteiger partial charge in [-0.2, -0.15) is 4.98 Å². The maximum absolute atomic E-state index is 12.4. The summed E-state index contributed by atoms with van der Waals surface area (Å²) in [6.45, 7) is 7.71. The van der Waals surface area contributed by atoms with Crippen molar-refractivity contribution in [3.8, 4) is 5.82 Å². The third-order valence-electron chi connectivity index (χ3n) is 8.18. The number of amides is 1. The van der Waals surface area contributed by atoms with E-state index in [0.717, 1.165) is 48.8 Å². The highest BCUT2D eigenvalue weighted by atomic mass is 16.1. The zero-order valence-corrected chi connectivity index (χ0v) is 23.1. The van der Waals surface area contributed by atoms with Gasteiger partial charge in [0.15, 0.2) is 6.29 Å². The van der Waals surface area contributed by atoms with Crippen LogP contribution in [0.5, 0.6) is 0 Å². The molecule has 0 radical (unpaired) electrons. The van der Waals surface area contributed by atoms with Gasteiger partial charge in [0.25, 0.3) is 0 Å². The summed E-state index contributed by atoms with van der Waals surface area (Å²) in [5, 5.41) is 7.28. The summed E-state index contributed by atoms with van der Waals surface area (Å²) in [7, 11) is 0. The molecule has 1 amide bonds. The van der Waals surface area contributed by atoms with E-state index in [-0.39, 0.29) is 5.91 Å². The molecule has 0 bridgehead atoms. The number of para-hydroxylation sites is 1. The van der Waals surface area contributed by atoms with E-state index in [9.17, 15) is 9.59 Å². The highest BCUT2D eigenvalue weighted by Gasteiger charge is 2.27. The van der Waals surface area contributed by atoms with E-state index in [1.807, 2.05) is 47.2 Å². The average molecular weight is 550 g/mol. The maximum Gasteiger partial charge on any atom is 0.247 e. The predicted octanol–water partition coefficient (Wildman–Crippen LogP) is 5.56. The second-order valence-electron chi connectivity index (χ2n) is 10.7. The van der Waals surface area contributed by atoms with Crippen LogP contribution in [0.1, 0.15) is 42.5 Å². The summed E-state index contributed by atoms with van der Waals surface area (Å²) >= 11 is 0. The normalized spacial score (nSPS) is 16.4. The number of likely N-dealkylation sites (tertiary alicyclic amines) is 1. The predicted molar refractivity (Wildman–Crippen MR) is 163 cm³/mol. The Hall–Kier alpha value is -4.50. The molecule has 4 aromatic rings. The van der Waals surface area contributed by atoms with E-state index >= 15 is 0 Å². The number of carbonyl (C=O) groups excluding carboxylic acids is 2. The van der Waals surface area contributed by atoms with Crippen molar-refractivity contribution in [2.45, 2.75) is 38.1 Å². The lowest BCUT2D eigenvalue weighted by molar-refractivity contribution is -0.111. The number of anilines is 4. The molecule has 2 aromatic carbocycles. The van der Waals surface area contributed by atoms with Crippen molar-refractivity contribution in [1.82, 2.24) is 19.4 Å². The highest BCUT2D eigenvalue weighted by Crippen LogP contribution is 2.35. The van der Waals surface area contributed by atoms with Gasteiger partial charge in [0.2, 0.25) is 11.9 Å². The Balaban J connectivity index is 1.27. The minimum Gasteiger partial charge on any atom is -0.370 e. The number of hydrogen-bond acceptors (Lipinski definition) is 7. The number of benzene rings is 2. The minimum atomic E-state index is -0.308. The molecular formula is C32H35N7O2. The smallest absolute Gasteiger partial charge is 0.247 e. The first kappa shape index (κ1) is 26.7. The van der Waals surface area contributed by atoms with E-state index < -0.39 is 0 Å². The number of aromatic nitrogens is 3. The van der Waals surface area contributed by atoms with Crippen LogP contribution in [0.25, 0.3) is 16.7 Å². The van der Waals surface area contributed by atoms with Crippen molar-refractivity contribution in [3.05, 3.63) is 79.1 Å². The number of aldehydes is 1. The molecule has 0 spiro atoms. The van der Waals surface area contributed by atoms with Crippen LogP contribution in [0.2, 0.25) is 0 Å². The number of fused-ring (bicyclic) bond motifs is 1. The summed E-state index contributed by atoms with van der Waals surface area (Å²) in [6, 6.07) is 16.2. The lowest BCUT2D eigenvalue weighted by atomic mass is 9.99. The molecule has 0 atom stereocenters. The Labute approximate surface area is 239 Å². The average Bonchev–Trinajstić information content (AvgIpc) is 3.46. The third-order valence-corrected chi connectivity index (χ3v) is 8.18. The summed E-state index contributed by atoms with van der Waals surface area (Å²) < 4.78 is 2.00. The van der Waals surface area contributed by atoms with Gasteiger partial charge in [-0.05, 0) is 80.6 Å². The van der Waals surface area contributed by atoms with Crippen LogP contribution in [0.3, 0.4) is 0 Å². The second-order valence-corrected chi connectivity index (χ2v) is 10.7. The quantitative estimate of drug-likeness (QED) is 0.220. The molecule has 210 valence electrons. The fourth-order valence-corrected chi connectivity index (χ4v) is 6.06. The first-order valence-corrected chi connectivity index (χ1v) is 14.3. The van der Waals surface area contributed by atoms with Gasteiger partial charge in [0, 0.05) is 37.1 Å². The van der Waals surface area contributed by atoms with Crippen LogP contribution >= 0.6 is 0 Å². The van der Waals surface area contributed by atoms with Crippen LogP contribution in [-0.4, -0.2) is 63.8 Å². The van der Waals surface area contributed by atoms with Crippen LogP contribution in [-0.2, 0) is 4.79 Å².